The fourth-order valence-corrected chi connectivity index (χ4v) is 5.61. The number of rotatable bonds is 8. The molecule has 1 fully saturated rings. The Hall–Kier alpha value is -4.83. The second kappa shape index (κ2) is 13.1. The van der Waals surface area contributed by atoms with Gasteiger partial charge in [-0.05, 0) is 49.6 Å². The van der Waals surface area contributed by atoms with E-state index in [1.807, 2.05) is 6.92 Å². The molecular weight excluding hydrogens is 638 g/mol. The number of nitrogens with zero attached hydrogens (tertiary/aromatic N) is 6. The number of ether oxygens (including phenoxy) is 3. The van der Waals surface area contributed by atoms with Crippen molar-refractivity contribution < 1.29 is 50.1 Å². The Balaban J connectivity index is 1.67. The third kappa shape index (κ3) is 6.97. The Morgan fingerprint density at radius 1 is 1.04 bits per heavy atom. The average Bonchev–Trinajstić information content (AvgIpc) is 3.47. The number of hydrogen-bond acceptors (Lipinski definition) is 9. The highest BCUT2D eigenvalue weighted by molar-refractivity contribution is 5.90. The molecule has 1 unspecified atom stereocenters. The number of fused-ring (bicyclic) bond motifs is 1. The largest absolute Gasteiger partial charge is 0.481 e. The van der Waals surface area contributed by atoms with Crippen LogP contribution in [0.15, 0.2) is 42.7 Å². The number of halogens is 6. The minimum atomic E-state index is -5.07. The summed E-state index contributed by atoms with van der Waals surface area (Å²) in [4.78, 5) is 42.7. The summed E-state index contributed by atoms with van der Waals surface area (Å²) in [6.45, 7) is 3.42. The van der Waals surface area contributed by atoms with Crippen molar-refractivity contribution in [2.24, 2.45) is 0 Å². The number of pyridine rings is 1. The van der Waals surface area contributed by atoms with Crippen LogP contribution in [0.25, 0.3) is 0 Å². The lowest BCUT2D eigenvalue weighted by Gasteiger charge is -2.43. The number of carbonyl (C=O) groups excluding carboxylic acids is 2. The SMILES string of the molecule is CCOC(=O)N1c2ccc(OC)nc2C(N(Cc2cc(C(F)(F)F)cc(C(F)(F)F)c2)c2ncc(N3CCOC3=O)cn2)C[C@H]1CC. The van der Waals surface area contributed by atoms with E-state index in [9.17, 15) is 35.9 Å². The summed E-state index contributed by atoms with van der Waals surface area (Å²) < 4.78 is 98.5. The molecule has 2 aliphatic rings. The lowest BCUT2D eigenvalue weighted by molar-refractivity contribution is -0.143. The molecule has 252 valence electrons. The molecule has 47 heavy (non-hydrogen) atoms. The standard InChI is InChI=1S/C30H30F6N6O5/c1-4-20-13-23(25-22(6-7-24(39-25)45-3)42(20)28(44)46-5-2)41(26-37-14-21(15-38-26)40-8-9-47-27(40)43)16-17-10-18(29(31,32)33)12-19(11-17)30(34,35)36/h6-7,10-12,14-15,20,23H,4-5,8-9,13,16H2,1-3H3/t20-,23?/m1/s1. The number of carbonyl (C=O) groups is 2. The molecule has 1 aromatic carbocycles. The highest BCUT2D eigenvalue weighted by atomic mass is 19.4. The van der Waals surface area contributed by atoms with E-state index in [1.54, 1.807) is 13.0 Å². The van der Waals surface area contributed by atoms with E-state index in [1.165, 1.54) is 40.3 Å². The molecule has 0 bridgehead atoms. The van der Waals surface area contributed by atoms with Crippen molar-refractivity contribution in [2.45, 2.75) is 57.7 Å². The van der Waals surface area contributed by atoms with E-state index >= 15 is 0 Å². The maximum absolute atomic E-state index is 13.8. The number of aromatic nitrogens is 3. The van der Waals surface area contributed by atoms with Crippen LogP contribution in [-0.2, 0) is 28.4 Å². The summed E-state index contributed by atoms with van der Waals surface area (Å²) in [6, 6.07) is 3.05. The molecule has 0 spiro atoms. The molecule has 0 radical (unpaired) electrons. The van der Waals surface area contributed by atoms with Crippen LogP contribution < -0.4 is 19.4 Å². The summed E-state index contributed by atoms with van der Waals surface area (Å²) in [5.74, 6) is 0.0713. The van der Waals surface area contributed by atoms with Gasteiger partial charge in [0.15, 0.2) is 0 Å². The Kier molecular flexibility index (Phi) is 9.36. The smallest absolute Gasteiger partial charge is 0.416 e. The van der Waals surface area contributed by atoms with Crippen LogP contribution in [0.5, 0.6) is 5.88 Å². The average molecular weight is 669 g/mol. The second-order valence-corrected chi connectivity index (χ2v) is 10.7. The molecule has 4 heterocycles. The molecule has 2 atom stereocenters. The Bertz CT molecular complexity index is 1590. The van der Waals surface area contributed by atoms with Crippen molar-refractivity contribution >= 4 is 29.5 Å². The molecule has 2 aliphatic heterocycles. The lowest BCUT2D eigenvalue weighted by Crippen LogP contribution is -2.48. The van der Waals surface area contributed by atoms with Crippen LogP contribution in [0, 0.1) is 0 Å². The first-order chi connectivity index (χ1) is 22.2. The van der Waals surface area contributed by atoms with Gasteiger partial charge in [0, 0.05) is 18.7 Å². The van der Waals surface area contributed by atoms with Crippen LogP contribution in [0.3, 0.4) is 0 Å². The monoisotopic (exact) mass is 668 g/mol. The molecule has 0 N–H and O–H groups in total. The first kappa shape index (κ1) is 33.5. The quantitative estimate of drug-likeness (QED) is 0.240. The predicted octanol–water partition coefficient (Wildman–Crippen LogP) is 6.77. The topological polar surface area (TPSA) is 110 Å². The van der Waals surface area contributed by atoms with Crippen LogP contribution in [-0.4, -0.2) is 60.0 Å². The number of methoxy groups -OCH3 is 1. The van der Waals surface area contributed by atoms with Gasteiger partial charge in [0.25, 0.3) is 0 Å². The lowest BCUT2D eigenvalue weighted by atomic mass is 9.92. The third-order valence-corrected chi connectivity index (χ3v) is 7.79. The van der Waals surface area contributed by atoms with Gasteiger partial charge >= 0.3 is 24.5 Å². The van der Waals surface area contributed by atoms with E-state index in [2.05, 4.69) is 15.0 Å². The Labute approximate surface area is 265 Å². The van der Waals surface area contributed by atoms with Crippen molar-refractivity contribution in [2.75, 3.05) is 41.6 Å². The van der Waals surface area contributed by atoms with Crippen molar-refractivity contribution in [3.63, 3.8) is 0 Å². The van der Waals surface area contributed by atoms with Gasteiger partial charge in [-0.2, -0.15) is 26.3 Å². The number of hydrogen-bond donors (Lipinski definition) is 0. The van der Waals surface area contributed by atoms with Crippen molar-refractivity contribution in [1.29, 1.82) is 0 Å². The maximum Gasteiger partial charge on any atom is 0.416 e. The van der Waals surface area contributed by atoms with E-state index in [0.717, 1.165) is 0 Å². The zero-order chi connectivity index (χ0) is 34.1. The van der Waals surface area contributed by atoms with E-state index in [0.29, 0.717) is 24.2 Å². The molecule has 17 heteroatoms. The fourth-order valence-electron chi connectivity index (χ4n) is 5.61. The molecule has 0 saturated carbocycles. The molecule has 1 saturated heterocycles. The zero-order valence-corrected chi connectivity index (χ0v) is 25.4. The highest BCUT2D eigenvalue weighted by Gasteiger charge is 2.42. The van der Waals surface area contributed by atoms with E-state index < -0.39 is 54.3 Å². The molecular formula is C30H30F6N6O5. The van der Waals surface area contributed by atoms with Crippen LogP contribution in [0.2, 0.25) is 0 Å². The number of alkyl halides is 6. The van der Waals surface area contributed by atoms with Gasteiger partial charge in [-0.3, -0.25) is 9.80 Å². The molecule has 2 aromatic heterocycles. The van der Waals surface area contributed by atoms with Crippen molar-refractivity contribution in [3.8, 4) is 5.88 Å². The number of amides is 2. The van der Waals surface area contributed by atoms with Gasteiger partial charge in [-0.15, -0.1) is 0 Å². The van der Waals surface area contributed by atoms with Crippen LogP contribution in [0.1, 0.15) is 55.1 Å². The van der Waals surface area contributed by atoms with Gasteiger partial charge < -0.3 is 19.1 Å². The minimum Gasteiger partial charge on any atom is -0.481 e. The molecule has 0 aliphatic carbocycles. The van der Waals surface area contributed by atoms with Gasteiger partial charge in [0.2, 0.25) is 11.8 Å². The summed E-state index contributed by atoms with van der Waals surface area (Å²) in [6.07, 6.45) is -8.26. The second-order valence-electron chi connectivity index (χ2n) is 10.7. The van der Waals surface area contributed by atoms with Crippen LogP contribution >= 0.6 is 0 Å². The highest BCUT2D eigenvalue weighted by Crippen LogP contribution is 2.44. The Morgan fingerprint density at radius 2 is 1.70 bits per heavy atom. The van der Waals surface area contributed by atoms with Gasteiger partial charge in [-0.1, -0.05) is 6.92 Å². The molecule has 5 rings (SSSR count). The van der Waals surface area contributed by atoms with E-state index in [4.69, 9.17) is 14.2 Å². The number of benzene rings is 1. The van der Waals surface area contributed by atoms with Crippen LogP contribution in [0.4, 0.5) is 53.3 Å². The zero-order valence-electron chi connectivity index (χ0n) is 25.4. The first-order valence-corrected chi connectivity index (χ1v) is 14.6. The summed E-state index contributed by atoms with van der Waals surface area (Å²) in [5.41, 5.74) is -2.45. The normalized spacial score (nSPS) is 18.1. The fraction of sp³-hybridized carbons (Fsp3) is 0.433. The molecule has 11 nitrogen and oxygen atoms in total. The van der Waals surface area contributed by atoms with Gasteiger partial charge in [-0.25, -0.2) is 24.5 Å². The van der Waals surface area contributed by atoms with Gasteiger partial charge in [0.1, 0.15) is 6.61 Å². The first-order valence-electron chi connectivity index (χ1n) is 14.6. The summed E-state index contributed by atoms with van der Waals surface area (Å²) in [7, 11) is 1.37. The van der Waals surface area contributed by atoms with Gasteiger partial charge in [0.05, 0.1) is 66.9 Å². The predicted molar refractivity (Wildman–Crippen MR) is 155 cm³/mol. The minimum absolute atomic E-state index is 0.0565. The summed E-state index contributed by atoms with van der Waals surface area (Å²) in [5, 5.41) is 0. The maximum atomic E-state index is 13.8. The van der Waals surface area contributed by atoms with E-state index in [-0.39, 0.29) is 61.0 Å². The van der Waals surface area contributed by atoms with Crippen molar-refractivity contribution in [1.82, 2.24) is 15.0 Å². The number of anilines is 3. The summed E-state index contributed by atoms with van der Waals surface area (Å²) >= 11 is 0. The molecule has 3 aromatic rings. The van der Waals surface area contributed by atoms with Crippen molar-refractivity contribution in [3.05, 3.63) is 65.1 Å². The Morgan fingerprint density at radius 3 is 2.23 bits per heavy atom. The third-order valence-electron chi connectivity index (χ3n) is 7.79. The molecule has 2 amide bonds. The number of cyclic esters (lactones) is 1.